The van der Waals surface area contributed by atoms with Crippen molar-refractivity contribution in [2.45, 2.75) is 77.7 Å². The quantitative estimate of drug-likeness (QED) is 0.640. The zero-order valence-electron chi connectivity index (χ0n) is 18.6. The van der Waals surface area contributed by atoms with E-state index in [4.69, 9.17) is 5.26 Å². The minimum absolute atomic E-state index is 0.0264. The lowest BCUT2D eigenvalue weighted by atomic mass is 9.48. The molecule has 8 unspecified atom stereocenters. The van der Waals surface area contributed by atoms with E-state index in [0.717, 1.165) is 25.2 Å². The molecule has 31 heavy (non-hydrogen) atoms. The monoisotopic (exact) mass is 429 g/mol. The van der Waals surface area contributed by atoms with Gasteiger partial charge in [0.25, 0.3) is 5.92 Å². The number of aromatic nitrogens is 2. The van der Waals surface area contributed by atoms with Crippen molar-refractivity contribution in [3.05, 3.63) is 18.0 Å². The maximum Gasteiger partial charge on any atom is 0.254 e. The van der Waals surface area contributed by atoms with Crippen molar-refractivity contribution < 1.29 is 13.6 Å². The summed E-state index contributed by atoms with van der Waals surface area (Å²) < 4.78 is 33.3. The van der Waals surface area contributed by atoms with Gasteiger partial charge in [-0.1, -0.05) is 20.3 Å². The highest BCUT2D eigenvalue weighted by atomic mass is 19.3. The van der Waals surface area contributed by atoms with Crippen LogP contribution >= 0.6 is 0 Å². The second-order valence-corrected chi connectivity index (χ2v) is 11.2. The first-order valence-electron chi connectivity index (χ1n) is 12.1. The van der Waals surface area contributed by atoms with Gasteiger partial charge in [0.15, 0.2) is 5.78 Å². The van der Waals surface area contributed by atoms with Crippen LogP contribution in [-0.2, 0) is 11.3 Å². The predicted molar refractivity (Wildman–Crippen MR) is 112 cm³/mol. The normalized spacial score (nSPS) is 43.4. The first-order chi connectivity index (χ1) is 14.7. The number of halogens is 2. The second-order valence-electron chi connectivity index (χ2n) is 11.2. The van der Waals surface area contributed by atoms with Crippen LogP contribution in [0.3, 0.4) is 0 Å². The van der Waals surface area contributed by atoms with Gasteiger partial charge in [0.05, 0.1) is 18.3 Å². The van der Waals surface area contributed by atoms with Gasteiger partial charge in [0.2, 0.25) is 0 Å². The zero-order valence-corrected chi connectivity index (χ0v) is 18.6. The number of fused-ring (bicyclic) bond motifs is 5. The van der Waals surface area contributed by atoms with Crippen LogP contribution in [0.25, 0.3) is 0 Å². The van der Waals surface area contributed by atoms with E-state index in [9.17, 15) is 4.79 Å². The van der Waals surface area contributed by atoms with E-state index in [0.29, 0.717) is 29.7 Å². The van der Waals surface area contributed by atoms with E-state index in [1.807, 2.05) is 6.07 Å². The summed E-state index contributed by atoms with van der Waals surface area (Å²) in [6, 6.07) is 2.00. The fraction of sp³-hybridized carbons (Fsp3) is 0.800. The Morgan fingerprint density at radius 2 is 1.97 bits per heavy atom. The minimum Gasteiger partial charge on any atom is -0.297 e. The van der Waals surface area contributed by atoms with Crippen LogP contribution in [0.5, 0.6) is 0 Å². The summed E-state index contributed by atoms with van der Waals surface area (Å²) in [4.78, 5) is 13.2. The smallest absolute Gasteiger partial charge is 0.254 e. The first kappa shape index (κ1) is 21.1. The standard InChI is InChI=1S/C25H33F2N3O/c1-15-3-5-18-17(9-15)4-6-19-20(18)10-25(26,27)24(2)21(19)7-8-22(24)23(31)14-30-13-16(11-28)12-29-30/h12-13,15,17-22H,3-10,14H2,1-2H3. The summed E-state index contributed by atoms with van der Waals surface area (Å²) in [7, 11) is 0. The van der Waals surface area contributed by atoms with Crippen molar-refractivity contribution in [1.82, 2.24) is 9.78 Å². The van der Waals surface area contributed by atoms with Gasteiger partial charge >= 0.3 is 0 Å². The molecule has 4 fully saturated rings. The molecular formula is C25H33F2N3O. The molecule has 5 rings (SSSR count). The third-order valence-corrected chi connectivity index (χ3v) is 9.80. The molecule has 0 radical (unpaired) electrons. The highest BCUT2D eigenvalue weighted by Crippen LogP contribution is 2.69. The molecule has 0 saturated heterocycles. The van der Waals surface area contributed by atoms with Gasteiger partial charge in [-0.15, -0.1) is 0 Å². The van der Waals surface area contributed by atoms with Gasteiger partial charge < -0.3 is 0 Å². The average molecular weight is 430 g/mol. The molecule has 6 heteroatoms. The molecule has 0 aliphatic heterocycles. The Labute approximate surface area is 183 Å². The van der Waals surface area contributed by atoms with Crippen LogP contribution < -0.4 is 0 Å². The van der Waals surface area contributed by atoms with Crippen molar-refractivity contribution in [2.75, 3.05) is 0 Å². The molecule has 168 valence electrons. The number of ketones is 1. The van der Waals surface area contributed by atoms with Gasteiger partial charge in [-0.05, 0) is 74.0 Å². The second kappa shape index (κ2) is 7.39. The molecule has 1 heterocycles. The molecule has 8 atom stereocenters. The van der Waals surface area contributed by atoms with Crippen LogP contribution in [0.2, 0.25) is 0 Å². The third-order valence-electron chi connectivity index (χ3n) is 9.80. The molecule has 1 aromatic rings. The summed E-state index contributed by atoms with van der Waals surface area (Å²) in [6.45, 7) is 3.99. The van der Waals surface area contributed by atoms with Gasteiger partial charge in [-0.25, -0.2) is 8.78 Å². The number of hydrogen-bond donors (Lipinski definition) is 0. The van der Waals surface area contributed by atoms with Crippen LogP contribution in [0.1, 0.15) is 70.8 Å². The van der Waals surface area contributed by atoms with Crippen molar-refractivity contribution in [1.29, 1.82) is 5.26 Å². The summed E-state index contributed by atoms with van der Waals surface area (Å²) in [5.74, 6) is -1.41. The number of carbonyl (C=O) groups excluding carboxylic acids is 1. The predicted octanol–water partition coefficient (Wildman–Crippen LogP) is 5.47. The molecule has 4 saturated carbocycles. The lowest BCUT2D eigenvalue weighted by molar-refractivity contribution is -0.226. The molecule has 0 aromatic carbocycles. The average Bonchev–Trinajstić information content (AvgIpc) is 3.32. The van der Waals surface area contributed by atoms with Crippen LogP contribution in [-0.4, -0.2) is 21.5 Å². The SMILES string of the molecule is CC1CCC2C(CCC3C2CC(F)(F)C2(C)C(C(=O)Cn4cc(C#N)cn4)CCC32)C1. The van der Waals surface area contributed by atoms with Crippen molar-refractivity contribution in [3.8, 4) is 6.07 Å². The van der Waals surface area contributed by atoms with Gasteiger partial charge in [-0.2, -0.15) is 10.4 Å². The number of rotatable bonds is 3. The van der Waals surface area contributed by atoms with E-state index < -0.39 is 17.3 Å². The highest BCUT2D eigenvalue weighted by molar-refractivity contribution is 5.82. The van der Waals surface area contributed by atoms with Crippen molar-refractivity contribution in [2.24, 2.45) is 46.8 Å². The summed E-state index contributed by atoms with van der Waals surface area (Å²) in [5, 5.41) is 13.0. The van der Waals surface area contributed by atoms with Gasteiger partial charge in [-0.3, -0.25) is 9.48 Å². The molecule has 0 spiro atoms. The fourth-order valence-electron chi connectivity index (χ4n) is 8.34. The summed E-state index contributed by atoms with van der Waals surface area (Å²) in [6.07, 6.45) is 9.90. The number of hydrogen-bond acceptors (Lipinski definition) is 3. The molecular weight excluding hydrogens is 396 g/mol. The molecule has 0 N–H and O–H groups in total. The molecule has 1 aromatic heterocycles. The van der Waals surface area contributed by atoms with Gasteiger partial charge in [0, 0.05) is 24.0 Å². The minimum atomic E-state index is -2.82. The Balaban J connectivity index is 1.39. The molecule has 0 bridgehead atoms. The number of carbonyl (C=O) groups is 1. The third kappa shape index (κ3) is 3.17. The van der Waals surface area contributed by atoms with Crippen molar-refractivity contribution >= 4 is 5.78 Å². The lowest BCUT2D eigenvalue weighted by Crippen LogP contribution is -2.59. The lowest BCUT2D eigenvalue weighted by Gasteiger charge is -2.58. The van der Waals surface area contributed by atoms with Crippen LogP contribution in [0, 0.1) is 58.2 Å². The topological polar surface area (TPSA) is 58.7 Å². The maximum absolute atomic E-state index is 15.9. The fourth-order valence-corrected chi connectivity index (χ4v) is 8.34. The number of alkyl halides is 2. The largest absolute Gasteiger partial charge is 0.297 e. The molecule has 4 aliphatic rings. The Bertz CT molecular complexity index is 905. The Kier molecular flexibility index (Phi) is 5.03. The van der Waals surface area contributed by atoms with E-state index in [1.54, 1.807) is 6.92 Å². The Morgan fingerprint density at radius 3 is 2.71 bits per heavy atom. The number of nitriles is 1. The van der Waals surface area contributed by atoms with Crippen LogP contribution in [0.15, 0.2) is 12.4 Å². The molecule has 0 amide bonds. The number of Topliss-reactive ketones (excluding diaryl/α,β-unsaturated/α-hetero) is 1. The maximum atomic E-state index is 15.9. The van der Waals surface area contributed by atoms with Crippen LogP contribution in [0.4, 0.5) is 8.78 Å². The van der Waals surface area contributed by atoms with E-state index >= 15 is 8.78 Å². The highest BCUT2D eigenvalue weighted by Gasteiger charge is 2.69. The van der Waals surface area contributed by atoms with E-state index in [-0.39, 0.29) is 30.6 Å². The molecule has 4 aliphatic carbocycles. The van der Waals surface area contributed by atoms with Crippen molar-refractivity contribution in [3.63, 3.8) is 0 Å². The molecule has 4 nitrogen and oxygen atoms in total. The number of nitrogens with zero attached hydrogens (tertiary/aromatic N) is 3. The first-order valence-corrected chi connectivity index (χ1v) is 12.1. The van der Waals surface area contributed by atoms with Gasteiger partial charge in [0.1, 0.15) is 6.07 Å². The summed E-state index contributed by atoms with van der Waals surface area (Å²) in [5.41, 5.74) is -0.877. The Hall–Kier alpha value is -1.77. The Morgan fingerprint density at radius 1 is 1.19 bits per heavy atom. The van der Waals surface area contributed by atoms with E-state index in [2.05, 4.69) is 12.0 Å². The van der Waals surface area contributed by atoms with E-state index in [1.165, 1.54) is 36.3 Å². The zero-order chi connectivity index (χ0) is 22.0. The summed E-state index contributed by atoms with van der Waals surface area (Å²) >= 11 is 0.